The molecule has 3 aromatic heterocycles. The standard InChI is InChI=1S/C22H17ClN6O3S/c1-2-31-16-9-5-13(6-10-16)17-11-18-21(30)25-26-22(29(18)27-17)33-12-19-24-20(28-32-19)14-3-7-15(23)8-4-14/h3-11H,2,12H2,1H3,(H,25,30). The molecule has 2 aromatic carbocycles. The highest BCUT2D eigenvalue weighted by molar-refractivity contribution is 7.98. The van der Waals surface area contributed by atoms with Gasteiger partial charge in [0.25, 0.3) is 5.56 Å². The smallest absolute Gasteiger partial charge is 0.290 e. The second kappa shape index (κ2) is 9.08. The van der Waals surface area contributed by atoms with E-state index in [4.69, 9.17) is 20.9 Å². The molecule has 3 heterocycles. The lowest BCUT2D eigenvalue weighted by Gasteiger charge is -2.03. The van der Waals surface area contributed by atoms with Gasteiger partial charge in [0.05, 0.1) is 18.1 Å². The summed E-state index contributed by atoms with van der Waals surface area (Å²) in [5, 5.41) is 16.4. The van der Waals surface area contributed by atoms with Crippen LogP contribution >= 0.6 is 23.4 Å². The number of aromatic nitrogens is 6. The van der Waals surface area contributed by atoms with Crippen molar-refractivity contribution in [3.05, 3.63) is 75.9 Å². The Labute approximate surface area is 196 Å². The first-order chi connectivity index (χ1) is 16.1. The number of hydrogen-bond donors (Lipinski definition) is 1. The van der Waals surface area contributed by atoms with Crippen LogP contribution in [0.2, 0.25) is 5.02 Å². The molecule has 0 spiro atoms. The highest BCUT2D eigenvalue weighted by Crippen LogP contribution is 2.26. The molecule has 0 amide bonds. The van der Waals surface area contributed by atoms with E-state index in [0.717, 1.165) is 16.9 Å². The van der Waals surface area contributed by atoms with Crippen molar-refractivity contribution in [1.82, 2.24) is 30.0 Å². The van der Waals surface area contributed by atoms with Crippen LogP contribution in [-0.4, -0.2) is 36.6 Å². The van der Waals surface area contributed by atoms with Crippen molar-refractivity contribution in [2.75, 3.05) is 6.61 Å². The predicted octanol–water partition coefficient (Wildman–Crippen LogP) is 4.48. The van der Waals surface area contributed by atoms with Gasteiger partial charge in [-0.1, -0.05) is 28.5 Å². The average molecular weight is 481 g/mol. The van der Waals surface area contributed by atoms with Crippen molar-refractivity contribution < 1.29 is 9.26 Å². The zero-order chi connectivity index (χ0) is 22.8. The minimum Gasteiger partial charge on any atom is -0.494 e. The van der Waals surface area contributed by atoms with Crippen LogP contribution in [0.3, 0.4) is 0 Å². The summed E-state index contributed by atoms with van der Waals surface area (Å²) in [5.74, 6) is 2.02. The summed E-state index contributed by atoms with van der Waals surface area (Å²) in [6, 6.07) is 16.4. The maximum atomic E-state index is 12.3. The van der Waals surface area contributed by atoms with E-state index >= 15 is 0 Å². The summed E-state index contributed by atoms with van der Waals surface area (Å²) < 4.78 is 12.4. The van der Waals surface area contributed by atoms with Gasteiger partial charge in [0.1, 0.15) is 11.3 Å². The lowest BCUT2D eigenvalue weighted by Crippen LogP contribution is -2.13. The van der Waals surface area contributed by atoms with Gasteiger partial charge in [0.2, 0.25) is 16.9 Å². The number of aromatic amines is 1. The van der Waals surface area contributed by atoms with Crippen LogP contribution in [0, 0.1) is 0 Å². The van der Waals surface area contributed by atoms with Crippen LogP contribution in [0.5, 0.6) is 5.75 Å². The molecule has 5 rings (SSSR count). The third-order valence-corrected chi connectivity index (χ3v) is 5.90. The fourth-order valence-electron chi connectivity index (χ4n) is 3.17. The molecule has 0 fully saturated rings. The molecular weight excluding hydrogens is 464 g/mol. The Morgan fingerprint density at radius 2 is 1.88 bits per heavy atom. The summed E-state index contributed by atoms with van der Waals surface area (Å²) in [5.41, 5.74) is 2.38. The summed E-state index contributed by atoms with van der Waals surface area (Å²) in [4.78, 5) is 16.7. The molecule has 0 aliphatic heterocycles. The van der Waals surface area contributed by atoms with E-state index < -0.39 is 0 Å². The molecule has 1 N–H and O–H groups in total. The Kier molecular flexibility index (Phi) is 5.84. The van der Waals surface area contributed by atoms with Gasteiger partial charge in [-0.25, -0.2) is 9.61 Å². The van der Waals surface area contributed by atoms with Crippen LogP contribution in [0.1, 0.15) is 12.8 Å². The third-order valence-electron chi connectivity index (χ3n) is 4.73. The number of benzene rings is 2. The third kappa shape index (κ3) is 4.48. The largest absolute Gasteiger partial charge is 0.494 e. The molecular formula is C22H17ClN6O3S. The predicted molar refractivity (Wildman–Crippen MR) is 125 cm³/mol. The maximum absolute atomic E-state index is 12.3. The van der Waals surface area contributed by atoms with E-state index in [9.17, 15) is 4.79 Å². The van der Waals surface area contributed by atoms with Gasteiger partial charge in [0, 0.05) is 16.1 Å². The number of nitrogens with zero attached hydrogens (tertiary/aromatic N) is 5. The SMILES string of the molecule is CCOc1ccc(-c2cc3c(=O)[nH]nc(SCc4nc(-c5ccc(Cl)cc5)no4)n3n2)cc1. The number of H-pyrrole nitrogens is 1. The lowest BCUT2D eigenvalue weighted by atomic mass is 10.1. The van der Waals surface area contributed by atoms with E-state index in [1.807, 2.05) is 43.3 Å². The number of hydrogen-bond acceptors (Lipinski definition) is 8. The first-order valence-corrected chi connectivity index (χ1v) is 11.4. The monoisotopic (exact) mass is 480 g/mol. The molecule has 11 heteroatoms. The number of thioether (sulfide) groups is 1. The second-order valence-electron chi connectivity index (χ2n) is 6.93. The van der Waals surface area contributed by atoms with Crippen LogP contribution in [-0.2, 0) is 5.75 Å². The molecule has 0 aliphatic carbocycles. The number of nitrogens with one attached hydrogen (secondary N) is 1. The van der Waals surface area contributed by atoms with E-state index in [-0.39, 0.29) is 5.56 Å². The van der Waals surface area contributed by atoms with Gasteiger partial charge in [-0.2, -0.15) is 10.1 Å². The van der Waals surface area contributed by atoms with Crippen LogP contribution in [0.15, 0.2) is 69.1 Å². The lowest BCUT2D eigenvalue weighted by molar-refractivity contribution is 0.340. The van der Waals surface area contributed by atoms with Crippen molar-refractivity contribution in [3.63, 3.8) is 0 Å². The Morgan fingerprint density at radius 3 is 2.64 bits per heavy atom. The molecule has 5 aromatic rings. The number of rotatable bonds is 7. The molecule has 0 saturated carbocycles. The van der Waals surface area contributed by atoms with Crippen LogP contribution < -0.4 is 10.3 Å². The van der Waals surface area contributed by atoms with Crippen molar-refractivity contribution >= 4 is 28.9 Å². The van der Waals surface area contributed by atoms with Gasteiger partial charge in [-0.3, -0.25) is 4.79 Å². The quantitative estimate of drug-likeness (QED) is 0.339. The highest BCUT2D eigenvalue weighted by atomic mass is 35.5. The fraction of sp³-hybridized carbons (Fsp3) is 0.136. The topological polar surface area (TPSA) is 111 Å². The zero-order valence-corrected chi connectivity index (χ0v) is 18.9. The molecule has 0 aliphatic rings. The molecule has 9 nitrogen and oxygen atoms in total. The van der Waals surface area contributed by atoms with Gasteiger partial charge >= 0.3 is 0 Å². The molecule has 33 heavy (non-hydrogen) atoms. The first kappa shape index (κ1) is 21.2. The van der Waals surface area contributed by atoms with Gasteiger partial charge < -0.3 is 9.26 Å². The number of fused-ring (bicyclic) bond motifs is 1. The van der Waals surface area contributed by atoms with Gasteiger partial charge in [-0.15, -0.1) is 5.10 Å². The van der Waals surface area contributed by atoms with Gasteiger partial charge in [0.15, 0.2) is 0 Å². The van der Waals surface area contributed by atoms with E-state index in [1.165, 1.54) is 16.3 Å². The summed E-state index contributed by atoms with van der Waals surface area (Å²) in [6.07, 6.45) is 0. The Hall–Kier alpha value is -3.63. The molecule has 0 atom stereocenters. The molecule has 0 saturated heterocycles. The fourth-order valence-corrected chi connectivity index (χ4v) is 4.04. The first-order valence-electron chi connectivity index (χ1n) is 10.0. The van der Waals surface area contributed by atoms with Crippen molar-refractivity contribution in [1.29, 1.82) is 0 Å². The molecule has 0 bridgehead atoms. The molecule has 166 valence electrons. The normalized spacial score (nSPS) is 11.2. The van der Waals surface area contributed by atoms with E-state index in [0.29, 0.717) is 45.5 Å². The average Bonchev–Trinajstić information content (AvgIpc) is 3.48. The van der Waals surface area contributed by atoms with Crippen molar-refractivity contribution in [2.45, 2.75) is 17.8 Å². The van der Waals surface area contributed by atoms with Crippen molar-refractivity contribution in [2.24, 2.45) is 0 Å². The Bertz CT molecular complexity index is 1460. The van der Waals surface area contributed by atoms with Crippen molar-refractivity contribution in [3.8, 4) is 28.4 Å². The number of ether oxygens (including phenoxy) is 1. The Balaban J connectivity index is 1.38. The minimum absolute atomic E-state index is 0.327. The Morgan fingerprint density at radius 1 is 1.12 bits per heavy atom. The zero-order valence-electron chi connectivity index (χ0n) is 17.4. The number of halogens is 1. The molecule has 0 radical (unpaired) electrons. The van der Waals surface area contributed by atoms with Crippen LogP contribution in [0.25, 0.3) is 28.2 Å². The second-order valence-corrected chi connectivity index (χ2v) is 8.31. The van der Waals surface area contributed by atoms with Gasteiger partial charge in [-0.05, 0) is 61.5 Å². The van der Waals surface area contributed by atoms with E-state index in [2.05, 4.69) is 25.4 Å². The summed E-state index contributed by atoms with van der Waals surface area (Å²) in [6.45, 7) is 2.53. The molecule has 0 unspecified atom stereocenters. The van der Waals surface area contributed by atoms with Crippen LogP contribution in [0.4, 0.5) is 0 Å². The van der Waals surface area contributed by atoms with E-state index in [1.54, 1.807) is 18.2 Å². The minimum atomic E-state index is -0.327. The summed E-state index contributed by atoms with van der Waals surface area (Å²) >= 11 is 7.25. The maximum Gasteiger partial charge on any atom is 0.290 e. The highest BCUT2D eigenvalue weighted by Gasteiger charge is 2.15. The summed E-state index contributed by atoms with van der Waals surface area (Å²) in [7, 11) is 0.